The number of aromatic nitrogens is 2. The fourth-order valence-corrected chi connectivity index (χ4v) is 2.79. The Morgan fingerprint density at radius 2 is 2.08 bits per heavy atom. The van der Waals surface area contributed by atoms with E-state index in [2.05, 4.69) is 15.3 Å². The third-order valence-corrected chi connectivity index (χ3v) is 4.09. The highest BCUT2D eigenvalue weighted by molar-refractivity contribution is 5.42. The Bertz CT molecular complexity index is 730. The van der Waals surface area contributed by atoms with Crippen LogP contribution in [-0.4, -0.2) is 29.7 Å². The Labute approximate surface area is 143 Å². The van der Waals surface area contributed by atoms with Crippen molar-refractivity contribution in [2.24, 2.45) is 0 Å². The average Bonchev–Trinajstić information content (AvgIpc) is 3.08. The minimum atomic E-state index is -4.33. The molecule has 1 aromatic carbocycles. The number of nitrogen functional groups attached to an aromatic ring is 1. The fraction of sp³-hybridized carbons (Fsp3) is 0.412. The first-order chi connectivity index (χ1) is 11.9. The Balaban J connectivity index is 1.62. The number of rotatable bonds is 5. The third-order valence-electron chi connectivity index (χ3n) is 4.09. The second kappa shape index (κ2) is 7.26. The van der Waals surface area contributed by atoms with Crippen molar-refractivity contribution in [2.75, 3.05) is 30.8 Å². The van der Waals surface area contributed by atoms with E-state index < -0.39 is 11.7 Å². The smallest absolute Gasteiger partial charge is 0.381 e. The number of halogens is 3. The lowest BCUT2D eigenvalue weighted by Gasteiger charge is -2.12. The van der Waals surface area contributed by atoms with Crippen LogP contribution in [0.2, 0.25) is 0 Å². The molecule has 0 radical (unpaired) electrons. The van der Waals surface area contributed by atoms with E-state index in [0.717, 1.165) is 24.2 Å². The van der Waals surface area contributed by atoms with Gasteiger partial charge < -0.3 is 15.8 Å². The van der Waals surface area contributed by atoms with Gasteiger partial charge >= 0.3 is 6.18 Å². The molecule has 2 heterocycles. The molecule has 0 aliphatic carbocycles. The molecule has 3 rings (SSSR count). The normalized spacial score (nSPS) is 17.6. The summed E-state index contributed by atoms with van der Waals surface area (Å²) in [5.74, 6) is 0.946. The lowest BCUT2D eigenvalue weighted by molar-refractivity contribution is -0.137. The molecule has 0 saturated carbocycles. The van der Waals surface area contributed by atoms with E-state index >= 15 is 0 Å². The second-order valence-corrected chi connectivity index (χ2v) is 5.97. The van der Waals surface area contributed by atoms with E-state index in [-0.39, 0.29) is 11.9 Å². The van der Waals surface area contributed by atoms with Crippen molar-refractivity contribution in [1.29, 1.82) is 0 Å². The van der Waals surface area contributed by atoms with E-state index in [1.807, 2.05) is 6.07 Å². The number of benzene rings is 1. The average molecular weight is 352 g/mol. The number of nitrogens with two attached hydrogens (primary N) is 1. The molecule has 1 aliphatic heterocycles. The zero-order valence-electron chi connectivity index (χ0n) is 13.5. The Kier molecular flexibility index (Phi) is 5.08. The molecule has 1 atom stereocenters. The quantitative estimate of drug-likeness (QED) is 0.864. The number of alkyl halides is 3. The number of nitrogens with one attached hydrogen (secondary N) is 1. The predicted octanol–water partition coefficient (Wildman–Crippen LogP) is 3.24. The molecule has 1 aromatic heterocycles. The molecule has 5 nitrogen and oxygen atoms in total. The largest absolute Gasteiger partial charge is 0.416 e. The van der Waals surface area contributed by atoms with Crippen LogP contribution in [0.5, 0.6) is 0 Å². The van der Waals surface area contributed by atoms with Crippen molar-refractivity contribution in [3.63, 3.8) is 0 Å². The molecule has 0 bridgehead atoms. The van der Waals surface area contributed by atoms with Gasteiger partial charge in [-0.25, -0.2) is 4.98 Å². The molecule has 1 saturated heterocycles. The van der Waals surface area contributed by atoms with Gasteiger partial charge in [0.2, 0.25) is 5.95 Å². The number of hydrogen-bond donors (Lipinski definition) is 2. The summed E-state index contributed by atoms with van der Waals surface area (Å²) < 4.78 is 43.6. The topological polar surface area (TPSA) is 73.1 Å². The first-order valence-electron chi connectivity index (χ1n) is 8.04. The minimum absolute atomic E-state index is 0.172. The van der Waals surface area contributed by atoms with Crippen LogP contribution < -0.4 is 11.1 Å². The molecular formula is C17H19F3N4O. The molecule has 8 heteroatoms. The zero-order chi connectivity index (χ0) is 17.9. The van der Waals surface area contributed by atoms with E-state index in [1.165, 1.54) is 6.07 Å². The van der Waals surface area contributed by atoms with Crippen LogP contribution in [0.3, 0.4) is 0 Å². The highest BCUT2D eigenvalue weighted by Crippen LogP contribution is 2.29. The van der Waals surface area contributed by atoms with Crippen molar-refractivity contribution >= 4 is 11.8 Å². The molecule has 1 aliphatic rings. The van der Waals surface area contributed by atoms with Crippen LogP contribution in [0.15, 0.2) is 30.3 Å². The lowest BCUT2D eigenvalue weighted by Crippen LogP contribution is -2.11. The van der Waals surface area contributed by atoms with Crippen LogP contribution in [0.1, 0.15) is 29.2 Å². The summed E-state index contributed by atoms with van der Waals surface area (Å²) in [6.07, 6.45) is -3.00. The van der Waals surface area contributed by atoms with Gasteiger partial charge in [0.25, 0.3) is 0 Å². The van der Waals surface area contributed by atoms with Crippen LogP contribution in [-0.2, 0) is 17.3 Å². The molecule has 25 heavy (non-hydrogen) atoms. The van der Waals surface area contributed by atoms with Gasteiger partial charge in [-0.2, -0.15) is 18.2 Å². The molecule has 0 amide bonds. The fourth-order valence-electron chi connectivity index (χ4n) is 2.79. The van der Waals surface area contributed by atoms with Crippen LogP contribution in [0.4, 0.5) is 24.9 Å². The van der Waals surface area contributed by atoms with Gasteiger partial charge in [-0.05, 0) is 24.5 Å². The van der Waals surface area contributed by atoms with Crippen molar-refractivity contribution in [2.45, 2.75) is 24.9 Å². The first-order valence-corrected chi connectivity index (χ1v) is 8.04. The van der Waals surface area contributed by atoms with E-state index in [4.69, 9.17) is 10.5 Å². The van der Waals surface area contributed by atoms with Crippen LogP contribution in [0, 0.1) is 0 Å². The predicted molar refractivity (Wildman–Crippen MR) is 88.3 cm³/mol. The number of hydrogen-bond acceptors (Lipinski definition) is 5. The zero-order valence-corrected chi connectivity index (χ0v) is 13.5. The molecule has 3 N–H and O–H groups in total. The summed E-state index contributed by atoms with van der Waals surface area (Å²) in [5.41, 5.74) is 6.54. The molecule has 1 fully saturated rings. The van der Waals surface area contributed by atoms with Gasteiger partial charge in [-0.1, -0.05) is 18.2 Å². The van der Waals surface area contributed by atoms with Crippen molar-refractivity contribution < 1.29 is 17.9 Å². The summed E-state index contributed by atoms with van der Waals surface area (Å²) in [4.78, 5) is 8.37. The molecular weight excluding hydrogens is 333 g/mol. The highest BCUT2D eigenvalue weighted by Gasteiger charge is 2.30. The Morgan fingerprint density at radius 3 is 2.80 bits per heavy atom. The standard InChI is InChI=1S/C17H19F3N4O/c18-17(19,20)13-3-1-2-11(8-13)4-6-22-15-9-14(23-16(21)24-15)12-5-7-25-10-12/h1-3,8-9,12H,4-7,10H2,(H3,21,22,23,24). The van der Waals surface area contributed by atoms with Gasteiger partial charge in [0.1, 0.15) is 5.82 Å². The van der Waals surface area contributed by atoms with Gasteiger partial charge in [0, 0.05) is 25.1 Å². The lowest BCUT2D eigenvalue weighted by atomic mass is 10.0. The van der Waals surface area contributed by atoms with Crippen molar-refractivity contribution in [3.05, 3.63) is 47.2 Å². The van der Waals surface area contributed by atoms with Crippen molar-refractivity contribution in [1.82, 2.24) is 9.97 Å². The van der Waals surface area contributed by atoms with Gasteiger partial charge in [0.15, 0.2) is 0 Å². The number of anilines is 2. The second-order valence-electron chi connectivity index (χ2n) is 5.97. The molecule has 1 unspecified atom stereocenters. The molecule has 134 valence electrons. The van der Waals surface area contributed by atoms with Gasteiger partial charge in [-0.15, -0.1) is 0 Å². The number of nitrogens with zero attached hydrogens (tertiary/aromatic N) is 2. The SMILES string of the molecule is Nc1nc(NCCc2cccc(C(F)(F)F)c2)cc(C2CCOC2)n1. The highest BCUT2D eigenvalue weighted by atomic mass is 19.4. The van der Waals surface area contributed by atoms with E-state index in [0.29, 0.717) is 37.6 Å². The monoisotopic (exact) mass is 352 g/mol. The summed E-state index contributed by atoms with van der Waals surface area (Å²) in [6, 6.07) is 7.14. The summed E-state index contributed by atoms with van der Waals surface area (Å²) in [5, 5.41) is 3.10. The molecule has 2 aromatic rings. The van der Waals surface area contributed by atoms with Crippen molar-refractivity contribution in [3.8, 4) is 0 Å². The van der Waals surface area contributed by atoms with E-state index in [9.17, 15) is 13.2 Å². The maximum Gasteiger partial charge on any atom is 0.416 e. The van der Waals surface area contributed by atoms with Gasteiger partial charge in [0.05, 0.1) is 17.9 Å². The van der Waals surface area contributed by atoms with Crippen LogP contribution >= 0.6 is 0 Å². The summed E-state index contributed by atoms with van der Waals surface area (Å²) >= 11 is 0. The van der Waals surface area contributed by atoms with E-state index in [1.54, 1.807) is 6.07 Å². The number of ether oxygens (including phenoxy) is 1. The summed E-state index contributed by atoms with van der Waals surface area (Å²) in [6.45, 7) is 1.76. The summed E-state index contributed by atoms with van der Waals surface area (Å²) in [7, 11) is 0. The van der Waals surface area contributed by atoms with Crippen LogP contribution in [0.25, 0.3) is 0 Å². The molecule has 0 spiro atoms. The van der Waals surface area contributed by atoms with Gasteiger partial charge in [-0.3, -0.25) is 0 Å². The maximum absolute atomic E-state index is 12.7. The Hall–Kier alpha value is -2.35. The Morgan fingerprint density at radius 1 is 1.24 bits per heavy atom. The maximum atomic E-state index is 12.7. The third kappa shape index (κ3) is 4.60. The minimum Gasteiger partial charge on any atom is -0.381 e. The first kappa shape index (κ1) is 17.5.